The maximum Gasteiger partial charge on any atom is 0.266 e. The predicted octanol–water partition coefficient (Wildman–Crippen LogP) is 7.07. The molecule has 0 saturated heterocycles. The minimum Gasteiger partial charge on any atom is -0.496 e. The van der Waals surface area contributed by atoms with Crippen molar-refractivity contribution in [1.82, 2.24) is 10.9 Å². The van der Waals surface area contributed by atoms with E-state index < -0.39 is 17.6 Å². The summed E-state index contributed by atoms with van der Waals surface area (Å²) in [5.41, 5.74) is 16.6. The van der Waals surface area contributed by atoms with Gasteiger partial charge in [0.05, 0.1) is 13.7 Å². The molecule has 1 amide bonds. The first kappa shape index (κ1) is 34.6. The number of amides is 1. The summed E-state index contributed by atoms with van der Waals surface area (Å²) in [6.45, 7) is 0.779. The molecule has 0 radical (unpaired) electrons. The highest BCUT2D eigenvalue weighted by Crippen LogP contribution is 2.46. The van der Waals surface area contributed by atoms with Gasteiger partial charge in [0.2, 0.25) is 5.90 Å². The molecule has 11 nitrogen and oxygen atoms in total. The molecule has 0 saturated carbocycles. The van der Waals surface area contributed by atoms with Gasteiger partial charge in [-0.2, -0.15) is 0 Å². The molecule has 4 aromatic carbocycles. The Bertz CT molecular complexity index is 1820. The van der Waals surface area contributed by atoms with Crippen molar-refractivity contribution in [3.05, 3.63) is 134 Å². The van der Waals surface area contributed by atoms with Gasteiger partial charge in [0.25, 0.3) is 5.91 Å². The largest absolute Gasteiger partial charge is 0.496 e. The van der Waals surface area contributed by atoms with Gasteiger partial charge in [-0.05, 0) is 65.5 Å². The second kappa shape index (κ2) is 16.4. The Morgan fingerprint density at radius 2 is 1.81 bits per heavy atom. The summed E-state index contributed by atoms with van der Waals surface area (Å²) in [6, 6.07) is 26.7. The number of aliphatic imine (C=N–C) groups is 1. The van der Waals surface area contributed by atoms with Crippen LogP contribution in [0.1, 0.15) is 34.8 Å². The second-order valence-corrected chi connectivity index (χ2v) is 11.7. The topological polar surface area (TPSA) is 150 Å². The first-order valence-electron chi connectivity index (χ1n) is 15.2. The number of nitrogens with zero attached hydrogens (tertiary/aromatic N) is 4. The molecule has 0 bridgehead atoms. The number of hydrazine groups is 1. The van der Waals surface area contributed by atoms with E-state index in [0.29, 0.717) is 64.2 Å². The van der Waals surface area contributed by atoms with Crippen LogP contribution in [0.5, 0.6) is 11.5 Å². The molecular formula is C35H34Cl2N6O5. The van der Waals surface area contributed by atoms with Gasteiger partial charge in [-0.25, -0.2) is 10.4 Å². The van der Waals surface area contributed by atoms with Crippen LogP contribution in [0.2, 0.25) is 10.0 Å². The Hall–Kier alpha value is -4.77. The molecule has 13 heteroatoms. The molecule has 0 aromatic heterocycles. The van der Waals surface area contributed by atoms with Crippen molar-refractivity contribution in [3.8, 4) is 11.5 Å². The summed E-state index contributed by atoms with van der Waals surface area (Å²) in [6.07, 6.45) is 0.0647. The summed E-state index contributed by atoms with van der Waals surface area (Å²) >= 11 is 13.0. The highest BCUT2D eigenvalue weighted by Gasteiger charge is 2.54. The van der Waals surface area contributed by atoms with Crippen molar-refractivity contribution in [2.45, 2.75) is 30.9 Å². The quantitative estimate of drug-likeness (QED) is 0.0400. The van der Waals surface area contributed by atoms with Gasteiger partial charge in [-0.1, -0.05) is 76.8 Å². The number of benzene rings is 4. The van der Waals surface area contributed by atoms with Crippen LogP contribution in [0, 0.1) is 0 Å². The molecule has 248 valence electrons. The summed E-state index contributed by atoms with van der Waals surface area (Å²) in [5, 5.41) is 13.7. The smallest absolute Gasteiger partial charge is 0.266 e. The number of hydrogen-bond acceptors (Lipinski definition) is 8. The molecule has 0 fully saturated rings. The molecule has 4 aromatic rings. The molecule has 2 atom stereocenters. The summed E-state index contributed by atoms with van der Waals surface area (Å²) < 4.78 is 17.7. The van der Waals surface area contributed by atoms with Crippen LogP contribution in [-0.2, 0) is 22.4 Å². The van der Waals surface area contributed by atoms with Crippen LogP contribution in [0.15, 0.2) is 101 Å². The number of methoxy groups -OCH3 is 1. The normalized spacial score (nSPS) is 16.8. The lowest BCUT2D eigenvalue weighted by Crippen LogP contribution is -2.54. The average Bonchev–Trinajstić information content (AvgIpc) is 3.48. The first-order chi connectivity index (χ1) is 23.4. The zero-order chi connectivity index (χ0) is 33.9. The second-order valence-electron chi connectivity index (χ2n) is 10.9. The van der Waals surface area contributed by atoms with E-state index in [0.717, 1.165) is 11.3 Å². The molecule has 0 spiro atoms. The molecule has 0 unspecified atom stereocenters. The molecule has 48 heavy (non-hydrogen) atoms. The van der Waals surface area contributed by atoms with Gasteiger partial charge in [-0.3, -0.25) is 10.2 Å². The Morgan fingerprint density at radius 1 is 1.06 bits per heavy atom. The van der Waals surface area contributed by atoms with E-state index in [4.69, 9.17) is 47.5 Å². The Balaban J connectivity index is 1.54. The van der Waals surface area contributed by atoms with E-state index in [9.17, 15) is 10.3 Å². The maximum atomic E-state index is 14.5. The van der Waals surface area contributed by atoms with E-state index >= 15 is 0 Å². The van der Waals surface area contributed by atoms with Gasteiger partial charge in [-0.15, -0.1) is 0 Å². The number of halogens is 2. The van der Waals surface area contributed by atoms with Gasteiger partial charge in [0, 0.05) is 57.8 Å². The zero-order valence-corrected chi connectivity index (χ0v) is 27.6. The number of aliphatic hydroxyl groups excluding tert-OH is 1. The number of aliphatic hydroxyl groups is 1. The minimum absolute atomic E-state index is 0.00229. The van der Waals surface area contributed by atoms with E-state index in [2.05, 4.69) is 20.9 Å². The van der Waals surface area contributed by atoms with Crippen molar-refractivity contribution in [3.63, 3.8) is 0 Å². The number of hydrogen-bond donors (Lipinski definition) is 3. The number of azide groups is 1. The third-order valence-corrected chi connectivity index (χ3v) is 8.36. The van der Waals surface area contributed by atoms with Crippen molar-refractivity contribution in [2.24, 2.45) is 10.1 Å². The lowest BCUT2D eigenvalue weighted by Gasteiger charge is -2.31. The van der Waals surface area contributed by atoms with Crippen molar-refractivity contribution >= 4 is 40.7 Å². The summed E-state index contributed by atoms with van der Waals surface area (Å²) in [5.74, 6) is 1.07. The molecular weight excluding hydrogens is 655 g/mol. The standard InChI is InChI=1S/C35H34Cl2N6O5/c1-46-31-10-5-3-7-23(31)17-18-39-42-34(45)35(22-25-8-2-4-9-30(25)41-43-38)32(28-16-13-26(36)21-29(28)37)48-33(40-35)24-11-14-27(15-12-24)47-20-6-19-44/h2-5,7-16,21,32,39,44H,6,17-20,22H2,1H3,(H,42,45)/t32-,35-/m0/s1. The van der Waals surface area contributed by atoms with E-state index in [1.807, 2.05) is 24.3 Å². The van der Waals surface area contributed by atoms with Crippen LogP contribution >= 0.6 is 23.2 Å². The third kappa shape index (κ3) is 8.02. The highest BCUT2D eigenvalue weighted by atomic mass is 35.5. The number of carbonyl (C=O) groups is 1. The Labute approximate surface area is 288 Å². The van der Waals surface area contributed by atoms with Crippen molar-refractivity contribution < 1.29 is 24.1 Å². The lowest BCUT2D eigenvalue weighted by molar-refractivity contribution is -0.130. The van der Waals surface area contributed by atoms with Crippen LogP contribution < -0.4 is 20.3 Å². The van der Waals surface area contributed by atoms with E-state index in [1.54, 1.807) is 73.8 Å². The SMILES string of the molecule is COc1ccccc1CCNNC(=O)[C@@]1(Cc2ccccc2N=[N+]=[N-])N=C(c2ccc(OCCCO)cc2)O[C@H]1c1ccc(Cl)cc1Cl. The fourth-order valence-corrected chi connectivity index (χ4v) is 5.94. The van der Waals surface area contributed by atoms with Crippen molar-refractivity contribution in [2.75, 3.05) is 26.9 Å². The number of rotatable bonds is 15. The molecule has 0 aliphatic carbocycles. The van der Waals surface area contributed by atoms with Crippen molar-refractivity contribution in [1.29, 1.82) is 0 Å². The first-order valence-corrected chi connectivity index (χ1v) is 16.0. The number of para-hydroxylation sites is 1. The fourth-order valence-electron chi connectivity index (χ4n) is 5.43. The predicted molar refractivity (Wildman–Crippen MR) is 185 cm³/mol. The molecule has 1 heterocycles. The number of ether oxygens (including phenoxy) is 3. The molecule has 1 aliphatic rings. The maximum absolute atomic E-state index is 14.5. The van der Waals surface area contributed by atoms with Gasteiger partial charge < -0.3 is 19.3 Å². The Kier molecular flexibility index (Phi) is 11.8. The minimum atomic E-state index is -1.62. The summed E-state index contributed by atoms with van der Waals surface area (Å²) in [7, 11) is 1.61. The van der Waals surface area contributed by atoms with Gasteiger partial charge in [0.1, 0.15) is 11.5 Å². The Morgan fingerprint density at radius 3 is 2.54 bits per heavy atom. The average molecular weight is 690 g/mol. The molecule has 5 rings (SSSR count). The highest BCUT2D eigenvalue weighted by molar-refractivity contribution is 6.35. The number of carbonyl (C=O) groups excluding carboxylic acids is 1. The number of nitrogens with one attached hydrogen (secondary N) is 2. The van der Waals surface area contributed by atoms with Crippen LogP contribution in [-0.4, -0.2) is 49.3 Å². The molecule has 1 aliphatic heterocycles. The summed E-state index contributed by atoms with van der Waals surface area (Å²) in [4.78, 5) is 22.5. The van der Waals surface area contributed by atoms with Crippen LogP contribution in [0.4, 0.5) is 5.69 Å². The lowest BCUT2D eigenvalue weighted by atomic mass is 9.81. The van der Waals surface area contributed by atoms with Crippen LogP contribution in [0.3, 0.4) is 0 Å². The van der Waals surface area contributed by atoms with Crippen LogP contribution in [0.25, 0.3) is 10.4 Å². The van der Waals surface area contributed by atoms with Gasteiger partial charge in [0.15, 0.2) is 11.6 Å². The van der Waals surface area contributed by atoms with E-state index in [-0.39, 0.29) is 18.9 Å². The van der Waals surface area contributed by atoms with Gasteiger partial charge >= 0.3 is 0 Å². The fraction of sp³-hybridized carbons (Fsp3) is 0.257. The zero-order valence-electron chi connectivity index (χ0n) is 26.1. The van der Waals surface area contributed by atoms with E-state index in [1.165, 1.54) is 0 Å². The third-order valence-electron chi connectivity index (χ3n) is 7.79. The molecule has 3 N–H and O–H groups in total. The monoisotopic (exact) mass is 688 g/mol.